The molecule has 5 rings (SSSR count). The summed E-state index contributed by atoms with van der Waals surface area (Å²) in [4.78, 5) is 68.5. The second kappa shape index (κ2) is 14.2. The van der Waals surface area contributed by atoms with Crippen molar-refractivity contribution < 1.29 is 28.7 Å². The number of carbonyl (C=O) groups is 5. The van der Waals surface area contributed by atoms with Crippen molar-refractivity contribution in [3.63, 3.8) is 0 Å². The molecule has 1 saturated heterocycles. The van der Waals surface area contributed by atoms with Crippen LogP contribution in [0.25, 0.3) is 0 Å². The Bertz CT molecular complexity index is 1770. The zero-order valence-corrected chi connectivity index (χ0v) is 27.9. The molecule has 0 spiro atoms. The lowest BCUT2D eigenvalue weighted by Gasteiger charge is -2.39. The highest BCUT2D eigenvalue weighted by atomic mass is 79.9. The van der Waals surface area contributed by atoms with Crippen LogP contribution in [0.5, 0.6) is 0 Å². The van der Waals surface area contributed by atoms with Crippen LogP contribution in [-0.2, 0) is 32.6 Å². The summed E-state index contributed by atoms with van der Waals surface area (Å²) < 4.78 is 7.70. The maximum Gasteiger partial charge on any atom is 0.342 e. The summed E-state index contributed by atoms with van der Waals surface area (Å²) in [5, 5.41) is 6.97. The minimum Gasteiger partial charge on any atom is -0.431 e. The van der Waals surface area contributed by atoms with Crippen molar-refractivity contribution >= 4 is 56.9 Å². The Kier molecular flexibility index (Phi) is 10.0. The number of halogens is 1. The Hall–Kier alpha value is -5.04. The quantitative estimate of drug-likeness (QED) is 0.213. The molecular weight excluding hydrogens is 668 g/mol. The number of nitrogens with one attached hydrogen (secondary N) is 1. The van der Waals surface area contributed by atoms with Gasteiger partial charge in [0.2, 0.25) is 17.7 Å². The van der Waals surface area contributed by atoms with E-state index in [0.29, 0.717) is 54.4 Å². The number of ether oxygens (including phenoxy) is 1. The number of aryl methyl sites for hydroxylation is 1. The van der Waals surface area contributed by atoms with Gasteiger partial charge in [-0.05, 0) is 77.0 Å². The number of nitrogens with zero attached hydrogens (tertiary/aromatic N) is 5. The number of piperazine rings is 1. The number of carbonyl (C=O) groups excluding carboxylic acids is 5. The van der Waals surface area contributed by atoms with E-state index in [9.17, 15) is 24.0 Å². The second-order valence-electron chi connectivity index (χ2n) is 11.6. The van der Waals surface area contributed by atoms with E-state index < -0.39 is 5.97 Å². The fraction of sp³-hybridized carbons (Fsp3) is 0.294. The van der Waals surface area contributed by atoms with E-state index in [4.69, 9.17) is 4.74 Å². The van der Waals surface area contributed by atoms with Crippen LogP contribution in [0.1, 0.15) is 51.7 Å². The van der Waals surface area contributed by atoms with Crippen LogP contribution in [0, 0.1) is 0 Å². The van der Waals surface area contributed by atoms with E-state index in [1.54, 1.807) is 75.1 Å². The zero-order chi connectivity index (χ0) is 33.8. The molecule has 1 fully saturated rings. The first kappa shape index (κ1) is 33.3. The summed E-state index contributed by atoms with van der Waals surface area (Å²) in [6.07, 6.45) is 5.41. The molecule has 3 aromatic rings. The van der Waals surface area contributed by atoms with Gasteiger partial charge < -0.3 is 24.8 Å². The van der Waals surface area contributed by atoms with Gasteiger partial charge in [0.1, 0.15) is 6.26 Å². The van der Waals surface area contributed by atoms with Crippen LogP contribution < -0.4 is 10.2 Å². The summed E-state index contributed by atoms with van der Waals surface area (Å²) in [5.74, 6) is -1.58. The van der Waals surface area contributed by atoms with Gasteiger partial charge in [-0.15, -0.1) is 0 Å². The molecule has 0 saturated carbocycles. The van der Waals surface area contributed by atoms with Gasteiger partial charge in [0.05, 0.1) is 22.2 Å². The van der Waals surface area contributed by atoms with E-state index >= 15 is 0 Å². The van der Waals surface area contributed by atoms with E-state index in [1.165, 1.54) is 12.2 Å². The molecule has 3 heterocycles. The van der Waals surface area contributed by atoms with Crippen molar-refractivity contribution in [1.29, 1.82) is 0 Å². The van der Waals surface area contributed by atoms with Gasteiger partial charge in [0.25, 0.3) is 5.91 Å². The Morgan fingerprint density at radius 1 is 1.04 bits per heavy atom. The molecule has 0 aliphatic carbocycles. The average Bonchev–Trinajstić information content (AvgIpc) is 3.56. The third-order valence-corrected chi connectivity index (χ3v) is 8.85. The highest BCUT2D eigenvalue weighted by molar-refractivity contribution is 9.10. The minimum absolute atomic E-state index is 0.0250. The molecule has 13 heteroatoms. The summed E-state index contributed by atoms with van der Waals surface area (Å²) in [5.41, 5.74) is 3.50. The maximum atomic E-state index is 13.3. The van der Waals surface area contributed by atoms with Crippen LogP contribution in [-0.4, -0.2) is 81.4 Å². The standard InChI is InChI=1S/C34H35BrN6O6/c1-5-30(42)36-25-9-6-23(7-10-25)33(45)41-18-21(2)26-16-24(8-11-29(26)41)34(46)47-15-12-31(43)39-13-14-40(22(3)19-39)32(44)17-28-27(35)20-38(4)37-28/h5-12,15-16,20-22H,1,13-14,17-19H2,2-4H3,(H,36,42)/b15-12+/t21-,22-/m0/s1. The molecule has 2 atom stereocenters. The highest BCUT2D eigenvalue weighted by Crippen LogP contribution is 2.37. The van der Waals surface area contributed by atoms with Gasteiger partial charge in [0.15, 0.2) is 0 Å². The Balaban J connectivity index is 1.15. The Morgan fingerprint density at radius 2 is 1.77 bits per heavy atom. The monoisotopic (exact) mass is 702 g/mol. The van der Waals surface area contributed by atoms with E-state index in [1.807, 2.05) is 13.8 Å². The molecule has 0 bridgehead atoms. The minimum atomic E-state index is -0.629. The summed E-state index contributed by atoms with van der Waals surface area (Å²) in [6.45, 7) is 8.81. The van der Waals surface area contributed by atoms with Crippen LogP contribution in [0.15, 0.2) is 78.1 Å². The van der Waals surface area contributed by atoms with Crippen LogP contribution >= 0.6 is 15.9 Å². The van der Waals surface area contributed by atoms with Crippen molar-refractivity contribution in [3.8, 4) is 0 Å². The predicted molar refractivity (Wildman–Crippen MR) is 179 cm³/mol. The van der Waals surface area contributed by atoms with Gasteiger partial charge in [-0.25, -0.2) is 4.79 Å². The largest absolute Gasteiger partial charge is 0.431 e. The number of fused-ring (bicyclic) bond motifs is 1. The Labute approximate surface area is 280 Å². The number of rotatable bonds is 8. The predicted octanol–water partition coefficient (Wildman–Crippen LogP) is 4.04. The lowest BCUT2D eigenvalue weighted by Crippen LogP contribution is -2.55. The SMILES string of the molecule is C=CC(=O)Nc1ccc(C(=O)N2C[C@H](C)c3cc(C(=O)O/C=C/C(=O)N4CCN(C(=O)Cc5nn(C)cc5Br)[C@@H](C)C4)ccc32)cc1. The third kappa shape index (κ3) is 7.51. The van der Waals surface area contributed by atoms with Gasteiger partial charge in [-0.3, -0.25) is 23.9 Å². The van der Waals surface area contributed by atoms with Crippen LogP contribution in [0.3, 0.4) is 0 Å². The lowest BCUT2D eigenvalue weighted by atomic mass is 10.0. The van der Waals surface area contributed by atoms with Crippen molar-refractivity contribution in [2.24, 2.45) is 7.05 Å². The molecule has 47 heavy (non-hydrogen) atoms. The van der Waals surface area contributed by atoms with Gasteiger partial charge in [0, 0.05) is 74.4 Å². The molecule has 2 aliphatic rings. The highest BCUT2D eigenvalue weighted by Gasteiger charge is 2.32. The molecule has 0 unspecified atom stereocenters. The van der Waals surface area contributed by atoms with Gasteiger partial charge in [-0.2, -0.15) is 5.10 Å². The Morgan fingerprint density at radius 3 is 2.43 bits per heavy atom. The number of hydrogen-bond acceptors (Lipinski definition) is 7. The summed E-state index contributed by atoms with van der Waals surface area (Å²) in [6, 6.07) is 11.4. The number of anilines is 2. The molecular formula is C34H35BrN6O6. The van der Waals surface area contributed by atoms with Gasteiger partial charge >= 0.3 is 5.97 Å². The molecule has 0 radical (unpaired) electrons. The van der Waals surface area contributed by atoms with Crippen molar-refractivity contribution in [3.05, 3.63) is 101 Å². The molecule has 12 nitrogen and oxygen atoms in total. The van der Waals surface area contributed by atoms with E-state index in [2.05, 4.69) is 32.9 Å². The number of esters is 1. The number of amides is 4. The number of benzene rings is 2. The fourth-order valence-electron chi connectivity index (χ4n) is 5.76. The smallest absolute Gasteiger partial charge is 0.342 e. The number of aromatic nitrogens is 2. The van der Waals surface area contributed by atoms with E-state index in [-0.39, 0.29) is 42.0 Å². The molecule has 1 aromatic heterocycles. The topological polar surface area (TPSA) is 134 Å². The fourth-order valence-corrected chi connectivity index (χ4v) is 6.27. The van der Waals surface area contributed by atoms with Crippen molar-refractivity contribution in [2.75, 3.05) is 36.4 Å². The van der Waals surface area contributed by atoms with Crippen molar-refractivity contribution in [2.45, 2.75) is 32.2 Å². The average molecular weight is 704 g/mol. The molecule has 244 valence electrons. The molecule has 2 aliphatic heterocycles. The van der Waals surface area contributed by atoms with E-state index in [0.717, 1.165) is 16.3 Å². The molecule has 2 aromatic carbocycles. The maximum absolute atomic E-state index is 13.3. The first-order chi connectivity index (χ1) is 22.4. The lowest BCUT2D eigenvalue weighted by molar-refractivity contribution is -0.139. The second-order valence-corrected chi connectivity index (χ2v) is 12.4. The third-order valence-electron chi connectivity index (χ3n) is 8.19. The summed E-state index contributed by atoms with van der Waals surface area (Å²) in [7, 11) is 1.79. The van der Waals surface area contributed by atoms with Gasteiger partial charge in [-0.1, -0.05) is 13.5 Å². The first-order valence-corrected chi connectivity index (χ1v) is 15.9. The first-order valence-electron chi connectivity index (χ1n) is 15.1. The normalized spacial score (nSPS) is 17.4. The number of hydrogen-bond donors (Lipinski definition) is 1. The molecule has 1 N–H and O–H groups in total. The summed E-state index contributed by atoms with van der Waals surface area (Å²) >= 11 is 3.43. The van der Waals surface area contributed by atoms with Crippen LogP contribution in [0.4, 0.5) is 11.4 Å². The zero-order valence-electron chi connectivity index (χ0n) is 26.3. The van der Waals surface area contributed by atoms with Crippen molar-refractivity contribution in [1.82, 2.24) is 19.6 Å². The van der Waals surface area contributed by atoms with Crippen LogP contribution in [0.2, 0.25) is 0 Å². The molecule has 4 amide bonds.